The van der Waals surface area contributed by atoms with Crippen molar-refractivity contribution in [1.82, 2.24) is 24.6 Å². The van der Waals surface area contributed by atoms with Gasteiger partial charge in [-0.05, 0) is 30.3 Å². The molecular weight excluding hydrogens is 387 g/mol. The van der Waals surface area contributed by atoms with Crippen LogP contribution in [-0.4, -0.2) is 62.7 Å². The van der Waals surface area contributed by atoms with Gasteiger partial charge in [0.05, 0.1) is 0 Å². The van der Waals surface area contributed by atoms with Crippen LogP contribution in [0.3, 0.4) is 0 Å². The van der Waals surface area contributed by atoms with Crippen LogP contribution in [0.25, 0.3) is 11.4 Å². The maximum Gasteiger partial charge on any atom is 0.321 e. The summed E-state index contributed by atoms with van der Waals surface area (Å²) in [6.45, 7) is 1.58. The van der Waals surface area contributed by atoms with Gasteiger partial charge in [-0.25, -0.2) is 9.18 Å². The topological polar surface area (TPSA) is 83.4 Å². The molecule has 4 rings (SSSR count). The number of anilines is 1. The van der Waals surface area contributed by atoms with Gasteiger partial charge in [0, 0.05) is 50.0 Å². The first-order chi connectivity index (χ1) is 14.5. The molecule has 1 N–H and O–H groups in total. The molecule has 3 aromatic rings. The van der Waals surface area contributed by atoms with Crippen LogP contribution in [0.5, 0.6) is 0 Å². The van der Waals surface area contributed by atoms with Gasteiger partial charge in [-0.3, -0.25) is 4.79 Å². The Balaban J connectivity index is 1.36. The van der Waals surface area contributed by atoms with Crippen LogP contribution in [0, 0.1) is 5.82 Å². The van der Waals surface area contributed by atoms with Gasteiger partial charge in [-0.1, -0.05) is 18.2 Å². The second-order valence-electron chi connectivity index (χ2n) is 7.07. The number of halogens is 1. The lowest BCUT2D eigenvalue weighted by molar-refractivity contribution is 0.0671. The molecule has 2 heterocycles. The Labute approximate surface area is 172 Å². The molecule has 1 fully saturated rings. The summed E-state index contributed by atoms with van der Waals surface area (Å²) in [5, 5.41) is 10.8. The number of nitrogens with zero attached hydrogens (tertiary/aromatic N) is 5. The Morgan fingerprint density at radius 2 is 1.73 bits per heavy atom. The van der Waals surface area contributed by atoms with E-state index in [1.807, 2.05) is 31.3 Å². The summed E-state index contributed by atoms with van der Waals surface area (Å²) < 4.78 is 15.2. The molecule has 0 spiro atoms. The molecule has 30 heavy (non-hydrogen) atoms. The minimum Gasteiger partial charge on any atom is -0.335 e. The molecule has 1 aliphatic heterocycles. The maximum absolute atomic E-state index is 13.4. The normalized spacial score (nSPS) is 13.9. The summed E-state index contributed by atoms with van der Waals surface area (Å²) in [5.74, 6) is 0.0314. The number of hydrogen-bond donors (Lipinski definition) is 1. The predicted molar refractivity (Wildman–Crippen MR) is 109 cm³/mol. The minimum absolute atomic E-state index is 0.231. The fourth-order valence-corrected chi connectivity index (χ4v) is 3.40. The van der Waals surface area contributed by atoms with Crippen molar-refractivity contribution >= 4 is 17.6 Å². The maximum atomic E-state index is 13.4. The van der Waals surface area contributed by atoms with E-state index in [4.69, 9.17) is 0 Å². The Morgan fingerprint density at radius 3 is 2.43 bits per heavy atom. The molecule has 9 heteroatoms. The van der Waals surface area contributed by atoms with Crippen LogP contribution in [0.15, 0.2) is 54.9 Å². The van der Waals surface area contributed by atoms with Crippen molar-refractivity contribution < 1.29 is 14.0 Å². The first kappa shape index (κ1) is 19.6. The minimum atomic E-state index is -0.442. The van der Waals surface area contributed by atoms with Crippen LogP contribution in [-0.2, 0) is 7.05 Å². The van der Waals surface area contributed by atoms with Crippen LogP contribution >= 0.6 is 0 Å². The zero-order valence-corrected chi connectivity index (χ0v) is 16.5. The van der Waals surface area contributed by atoms with E-state index >= 15 is 0 Å². The fourth-order valence-electron chi connectivity index (χ4n) is 3.40. The number of nitrogens with one attached hydrogen (secondary N) is 1. The molecule has 0 aliphatic carbocycles. The third-order valence-corrected chi connectivity index (χ3v) is 5.01. The quantitative estimate of drug-likeness (QED) is 0.722. The largest absolute Gasteiger partial charge is 0.335 e. The second-order valence-corrected chi connectivity index (χ2v) is 7.07. The van der Waals surface area contributed by atoms with E-state index in [9.17, 15) is 14.0 Å². The monoisotopic (exact) mass is 408 g/mol. The van der Waals surface area contributed by atoms with Crippen LogP contribution < -0.4 is 5.32 Å². The van der Waals surface area contributed by atoms with E-state index in [-0.39, 0.29) is 11.9 Å². The standard InChI is InChI=1S/C21H21FN6O2/c1-26-14-23-25-19(26)15-4-3-7-18(13-15)24-21(30)28-10-8-27(9-11-28)20(29)16-5-2-6-17(22)12-16/h2-7,12-14H,8-11H2,1H3,(H,24,30). The smallest absolute Gasteiger partial charge is 0.321 e. The number of urea groups is 1. The first-order valence-electron chi connectivity index (χ1n) is 9.56. The third kappa shape index (κ3) is 4.14. The third-order valence-electron chi connectivity index (χ3n) is 5.01. The molecule has 0 saturated carbocycles. The summed E-state index contributed by atoms with van der Waals surface area (Å²) in [6.07, 6.45) is 1.62. The number of carbonyl (C=O) groups is 2. The molecule has 8 nitrogen and oxygen atoms in total. The molecule has 154 valence electrons. The number of amides is 3. The van der Waals surface area contributed by atoms with Crippen molar-refractivity contribution in [2.45, 2.75) is 0 Å². The van der Waals surface area contributed by atoms with Gasteiger partial charge in [0.2, 0.25) is 0 Å². The molecule has 1 aliphatic rings. The second kappa shape index (κ2) is 8.32. The van der Waals surface area contributed by atoms with Crippen LogP contribution in [0.2, 0.25) is 0 Å². The predicted octanol–water partition coefficient (Wildman–Crippen LogP) is 2.61. The summed E-state index contributed by atoms with van der Waals surface area (Å²) in [7, 11) is 1.85. The highest BCUT2D eigenvalue weighted by molar-refractivity contribution is 5.94. The summed E-state index contributed by atoms with van der Waals surface area (Å²) in [4.78, 5) is 28.5. The molecule has 2 aromatic carbocycles. The molecule has 0 radical (unpaired) electrons. The lowest BCUT2D eigenvalue weighted by atomic mass is 10.1. The summed E-state index contributed by atoms with van der Waals surface area (Å²) >= 11 is 0. The molecule has 0 unspecified atom stereocenters. The lowest BCUT2D eigenvalue weighted by Gasteiger charge is -2.34. The Kier molecular flexibility index (Phi) is 5.42. The molecule has 1 saturated heterocycles. The van der Waals surface area contributed by atoms with Crippen LogP contribution in [0.4, 0.5) is 14.9 Å². The number of benzene rings is 2. The van der Waals surface area contributed by atoms with Crippen molar-refractivity contribution in [3.63, 3.8) is 0 Å². The van der Waals surface area contributed by atoms with E-state index in [0.717, 1.165) is 5.56 Å². The highest BCUT2D eigenvalue weighted by atomic mass is 19.1. The van der Waals surface area contributed by atoms with E-state index < -0.39 is 5.82 Å². The highest BCUT2D eigenvalue weighted by Gasteiger charge is 2.25. The summed E-state index contributed by atoms with van der Waals surface area (Å²) in [5.41, 5.74) is 1.81. The van der Waals surface area contributed by atoms with Gasteiger partial charge in [0.1, 0.15) is 12.1 Å². The van der Waals surface area contributed by atoms with Crippen molar-refractivity contribution in [3.05, 3.63) is 66.2 Å². The number of hydrogen-bond acceptors (Lipinski definition) is 4. The number of aromatic nitrogens is 3. The zero-order chi connectivity index (χ0) is 21.1. The molecule has 3 amide bonds. The number of rotatable bonds is 3. The van der Waals surface area contributed by atoms with Crippen LogP contribution in [0.1, 0.15) is 10.4 Å². The molecule has 1 aromatic heterocycles. The Bertz CT molecular complexity index is 1070. The van der Waals surface area contributed by atoms with Gasteiger partial charge in [0.15, 0.2) is 5.82 Å². The van der Waals surface area contributed by atoms with Gasteiger partial charge >= 0.3 is 6.03 Å². The van der Waals surface area contributed by atoms with Crippen molar-refractivity contribution in [2.75, 3.05) is 31.5 Å². The van der Waals surface area contributed by atoms with Crippen molar-refractivity contribution in [2.24, 2.45) is 7.05 Å². The Morgan fingerprint density at radius 1 is 1.00 bits per heavy atom. The first-order valence-corrected chi connectivity index (χ1v) is 9.56. The molecular formula is C21H21FN6O2. The Hall–Kier alpha value is -3.75. The van der Waals surface area contributed by atoms with E-state index in [1.54, 1.807) is 26.8 Å². The average molecular weight is 408 g/mol. The van der Waals surface area contributed by atoms with Gasteiger partial charge in [-0.2, -0.15) is 0 Å². The van der Waals surface area contributed by atoms with Crippen molar-refractivity contribution in [1.29, 1.82) is 0 Å². The van der Waals surface area contributed by atoms with E-state index in [2.05, 4.69) is 15.5 Å². The fraction of sp³-hybridized carbons (Fsp3) is 0.238. The van der Waals surface area contributed by atoms with Gasteiger partial charge < -0.3 is 19.7 Å². The van der Waals surface area contributed by atoms with E-state index in [1.165, 1.54) is 18.2 Å². The number of carbonyl (C=O) groups excluding carboxylic acids is 2. The van der Waals surface area contributed by atoms with Gasteiger partial charge in [-0.15, -0.1) is 10.2 Å². The number of piperazine rings is 1. The van der Waals surface area contributed by atoms with Gasteiger partial charge in [0.25, 0.3) is 5.91 Å². The summed E-state index contributed by atoms with van der Waals surface area (Å²) in [6, 6.07) is 12.8. The SMILES string of the molecule is Cn1cnnc1-c1cccc(NC(=O)N2CCN(C(=O)c3cccc(F)c3)CC2)c1. The molecule has 0 bridgehead atoms. The molecule has 0 atom stereocenters. The van der Waals surface area contributed by atoms with Crippen molar-refractivity contribution in [3.8, 4) is 11.4 Å². The van der Waals surface area contributed by atoms with E-state index in [0.29, 0.717) is 43.3 Å². The number of aryl methyl sites for hydroxylation is 1. The lowest BCUT2D eigenvalue weighted by Crippen LogP contribution is -2.51. The zero-order valence-electron chi connectivity index (χ0n) is 16.5. The average Bonchev–Trinajstić information content (AvgIpc) is 3.19. The highest BCUT2D eigenvalue weighted by Crippen LogP contribution is 2.20.